The highest BCUT2D eigenvalue weighted by Gasteiger charge is 2.49. The van der Waals surface area contributed by atoms with E-state index in [9.17, 15) is 0 Å². The van der Waals surface area contributed by atoms with Crippen molar-refractivity contribution in [3.63, 3.8) is 0 Å². The van der Waals surface area contributed by atoms with Crippen LogP contribution in [0.1, 0.15) is 22.3 Å². The van der Waals surface area contributed by atoms with Crippen LogP contribution in [0.3, 0.4) is 0 Å². The highest BCUT2D eigenvalue weighted by molar-refractivity contribution is 6.11. The maximum Gasteiger partial charge on any atom is 0.269 e. The Hall–Kier alpha value is -8.21. The van der Waals surface area contributed by atoms with E-state index in [0.717, 1.165) is 49.8 Å². The molecule has 0 amide bonds. The van der Waals surface area contributed by atoms with Crippen LogP contribution >= 0.6 is 0 Å². The summed E-state index contributed by atoms with van der Waals surface area (Å²) in [7, 11) is 0. The third-order valence-corrected chi connectivity index (χ3v) is 13.1. The zero-order valence-electron chi connectivity index (χ0n) is 33.5. The quantitative estimate of drug-likeness (QED) is 0.167. The lowest BCUT2D eigenvalue weighted by molar-refractivity contribution is 0.669. The molecule has 288 valence electrons. The Morgan fingerprint density at radius 1 is 0.290 bits per heavy atom. The number of fused-ring (bicyclic) bond motifs is 15. The lowest BCUT2D eigenvalue weighted by atomic mass is 9.66. The van der Waals surface area contributed by atoms with Gasteiger partial charge < -0.3 is 4.42 Å². The molecule has 11 aromatic rings. The molecule has 0 radical (unpaired) electrons. The van der Waals surface area contributed by atoms with Crippen LogP contribution in [0.2, 0.25) is 0 Å². The van der Waals surface area contributed by atoms with E-state index in [1.165, 1.54) is 55.6 Å². The maximum absolute atomic E-state index is 5.35. The minimum atomic E-state index is -0.561. The SMILES string of the molecule is c1ccc(-c2ccc(-c3nc(-c4ccc5c(c4)-c4ccccc4C54c5ccccc5-c5ccccc5-c5ccccc54)nc(-c4cccc5[oH+]c6ccccc6c45)n3)cc2)cc1. The van der Waals surface area contributed by atoms with Crippen molar-refractivity contribution in [1.29, 1.82) is 0 Å². The molecule has 0 atom stereocenters. The van der Waals surface area contributed by atoms with E-state index in [1.54, 1.807) is 0 Å². The molecule has 0 aliphatic heterocycles. The first-order valence-electron chi connectivity index (χ1n) is 21.1. The molecule has 2 aliphatic carbocycles. The number of furan rings is 1. The third-order valence-electron chi connectivity index (χ3n) is 13.1. The highest BCUT2D eigenvalue weighted by Crippen LogP contribution is 2.61. The fourth-order valence-corrected chi connectivity index (χ4v) is 10.4. The zero-order chi connectivity index (χ0) is 40.8. The fourth-order valence-electron chi connectivity index (χ4n) is 10.4. The Labute approximate surface area is 358 Å². The second kappa shape index (κ2) is 13.4. The van der Waals surface area contributed by atoms with E-state index in [0.29, 0.717) is 17.5 Å². The van der Waals surface area contributed by atoms with Crippen LogP contribution in [0.5, 0.6) is 0 Å². The number of hydrogen-bond acceptors (Lipinski definition) is 3. The van der Waals surface area contributed by atoms with Gasteiger partial charge in [0.25, 0.3) is 11.2 Å². The van der Waals surface area contributed by atoms with Gasteiger partial charge in [-0.2, -0.15) is 0 Å². The molecule has 13 rings (SSSR count). The summed E-state index contributed by atoms with van der Waals surface area (Å²) < 4.78 is 4.98. The van der Waals surface area contributed by atoms with Crippen LogP contribution in [0, 0.1) is 0 Å². The normalized spacial score (nSPS) is 13.0. The lowest BCUT2D eigenvalue weighted by Gasteiger charge is -2.35. The van der Waals surface area contributed by atoms with Crippen molar-refractivity contribution in [3.05, 3.63) is 235 Å². The van der Waals surface area contributed by atoms with E-state index >= 15 is 0 Å². The first-order valence-corrected chi connectivity index (χ1v) is 21.1. The standard InChI is InChI=1S/C58H35N3O/c1-2-15-36(16-3-1)37-29-31-38(32-30-37)55-59-56(61-57(60-55)46-23-14-28-53-54(46)45-22-9-13-27-52(45)62-53)39-33-34-51-47(35-39)44-21-8-12-26-50(44)58(51)48-24-10-6-19-42(48)40-17-4-5-18-41(40)43-20-7-11-25-49(43)58/h1-35H/p+1. The van der Waals surface area contributed by atoms with Gasteiger partial charge in [-0.15, -0.1) is 0 Å². The molecule has 0 fully saturated rings. The summed E-state index contributed by atoms with van der Waals surface area (Å²) in [5.74, 6) is 1.85. The zero-order valence-corrected chi connectivity index (χ0v) is 33.5. The number of benzene rings is 9. The monoisotopic (exact) mass is 790 g/mol. The second-order valence-corrected chi connectivity index (χ2v) is 16.3. The summed E-state index contributed by atoms with van der Waals surface area (Å²) in [6.07, 6.45) is 0. The topological polar surface area (TPSA) is 51.5 Å². The van der Waals surface area contributed by atoms with Gasteiger partial charge in [0.1, 0.15) is 0 Å². The van der Waals surface area contributed by atoms with Crippen LogP contribution < -0.4 is 0 Å². The van der Waals surface area contributed by atoms with Crippen LogP contribution in [-0.2, 0) is 5.41 Å². The van der Waals surface area contributed by atoms with E-state index in [4.69, 9.17) is 19.4 Å². The fraction of sp³-hybridized carbons (Fsp3) is 0.0172. The molecular formula is C58H36N3O+. The van der Waals surface area contributed by atoms with E-state index in [-0.39, 0.29) is 0 Å². The number of aromatic nitrogens is 3. The molecule has 0 saturated carbocycles. The van der Waals surface area contributed by atoms with Gasteiger partial charge in [0, 0.05) is 28.8 Å². The number of para-hydroxylation sites is 1. The van der Waals surface area contributed by atoms with Gasteiger partial charge in [-0.1, -0.05) is 182 Å². The molecule has 1 N–H and O–H groups in total. The second-order valence-electron chi connectivity index (χ2n) is 16.3. The van der Waals surface area contributed by atoms with E-state index < -0.39 is 5.41 Å². The smallest absolute Gasteiger partial charge is 0.269 e. The van der Waals surface area contributed by atoms with Gasteiger partial charge in [-0.25, -0.2) is 15.0 Å². The molecule has 0 bridgehead atoms. The predicted molar refractivity (Wildman–Crippen MR) is 252 cm³/mol. The molecule has 62 heavy (non-hydrogen) atoms. The number of rotatable bonds is 4. The molecule has 4 nitrogen and oxygen atoms in total. The first kappa shape index (κ1) is 34.6. The van der Waals surface area contributed by atoms with Crippen molar-refractivity contribution >= 4 is 21.9 Å². The molecule has 2 aliphatic rings. The van der Waals surface area contributed by atoms with E-state index in [2.05, 4.69) is 194 Å². The summed E-state index contributed by atoms with van der Waals surface area (Å²) in [5, 5.41) is 2.13. The van der Waals surface area contributed by atoms with Crippen LogP contribution in [-0.4, -0.2) is 15.0 Å². The lowest BCUT2D eigenvalue weighted by Crippen LogP contribution is -2.29. The first-order chi connectivity index (χ1) is 30.7. The largest absolute Gasteiger partial charge is 0.545 e. The molecule has 2 heterocycles. The molecule has 0 saturated heterocycles. The van der Waals surface area contributed by atoms with Crippen molar-refractivity contribution in [2.45, 2.75) is 5.41 Å². The van der Waals surface area contributed by atoms with Crippen molar-refractivity contribution in [2.24, 2.45) is 0 Å². The molecule has 4 heteroatoms. The highest BCUT2D eigenvalue weighted by atomic mass is 16.3. The van der Waals surface area contributed by atoms with Gasteiger partial charge in [-0.3, -0.25) is 0 Å². The van der Waals surface area contributed by atoms with Crippen molar-refractivity contribution in [2.75, 3.05) is 0 Å². The van der Waals surface area contributed by atoms with Gasteiger partial charge in [0.05, 0.1) is 16.2 Å². The summed E-state index contributed by atoms with van der Waals surface area (Å²) in [6.45, 7) is 0. The Bertz CT molecular complexity index is 3520. The third kappa shape index (κ3) is 4.98. The van der Waals surface area contributed by atoms with Crippen molar-refractivity contribution in [3.8, 4) is 78.7 Å². The van der Waals surface area contributed by atoms with Crippen LogP contribution in [0.25, 0.3) is 101 Å². The Balaban J connectivity index is 1.05. The molecular weight excluding hydrogens is 755 g/mol. The van der Waals surface area contributed by atoms with Gasteiger partial charge in [0.15, 0.2) is 17.5 Å². The summed E-state index contributed by atoms with van der Waals surface area (Å²) in [4.78, 5) is 15.9. The van der Waals surface area contributed by atoms with Gasteiger partial charge in [-0.05, 0) is 85.0 Å². The maximum atomic E-state index is 5.35. The van der Waals surface area contributed by atoms with Crippen molar-refractivity contribution in [1.82, 2.24) is 15.0 Å². The number of hydrogen-bond donors (Lipinski definition) is 0. The summed E-state index contributed by atoms with van der Waals surface area (Å²) in [5.41, 5.74) is 18.9. The van der Waals surface area contributed by atoms with Gasteiger partial charge >= 0.3 is 0 Å². The van der Waals surface area contributed by atoms with Crippen LogP contribution in [0.4, 0.5) is 0 Å². The Morgan fingerprint density at radius 2 is 0.742 bits per heavy atom. The van der Waals surface area contributed by atoms with Crippen LogP contribution in [0.15, 0.2) is 217 Å². The number of nitrogens with zero attached hydrogens (tertiary/aromatic N) is 3. The Morgan fingerprint density at radius 3 is 1.42 bits per heavy atom. The minimum Gasteiger partial charge on any atom is -0.545 e. The molecule has 2 aromatic heterocycles. The Kier molecular flexibility index (Phi) is 7.49. The van der Waals surface area contributed by atoms with Crippen molar-refractivity contribution < 1.29 is 4.42 Å². The van der Waals surface area contributed by atoms with Gasteiger partial charge in [0.2, 0.25) is 0 Å². The average Bonchev–Trinajstić information content (AvgIpc) is 3.84. The summed E-state index contributed by atoms with van der Waals surface area (Å²) in [6, 6.07) is 76.2. The van der Waals surface area contributed by atoms with E-state index in [1.807, 2.05) is 18.2 Å². The summed E-state index contributed by atoms with van der Waals surface area (Å²) >= 11 is 0. The average molecular weight is 791 g/mol. The minimum absolute atomic E-state index is 0.561. The molecule has 9 aromatic carbocycles. The molecule has 1 spiro atoms. The predicted octanol–water partition coefficient (Wildman–Crippen LogP) is 14.6. The molecule has 0 unspecified atom stereocenters.